The highest BCUT2D eigenvalue weighted by molar-refractivity contribution is 5.93. The molecule has 0 aliphatic carbocycles. The summed E-state index contributed by atoms with van der Waals surface area (Å²) in [6.45, 7) is 5.94. The van der Waals surface area contributed by atoms with Gasteiger partial charge in [-0.2, -0.15) is 5.48 Å². The fraction of sp³-hybridized carbons (Fsp3) is 0.364. The standard InChI is InChI=1S/C9H12N2O2.C2H6/c1-6-3-4-7(9(10)12)5-8(6)11-13-2;1-2/h3-5,11H,1-2H3,(H2,10,12);1-2H3/p+1. The molecule has 84 valence electrons. The number of benzene rings is 1. The number of hydrogen-bond donors (Lipinski definition) is 2. The summed E-state index contributed by atoms with van der Waals surface area (Å²) in [6, 6.07) is 5.25. The molecule has 1 aromatic carbocycles. The van der Waals surface area contributed by atoms with Crippen LogP contribution in [0.15, 0.2) is 18.2 Å². The molecule has 0 atom stereocenters. The minimum Gasteiger partial charge on any atom is -0.366 e. The Hall–Kier alpha value is -1.39. The third-order valence-corrected chi connectivity index (χ3v) is 1.81. The number of nitrogens with two attached hydrogens (primary N) is 2. The number of amides is 1. The monoisotopic (exact) mass is 211 g/mol. The van der Waals surface area contributed by atoms with Gasteiger partial charge in [0.2, 0.25) is 5.91 Å². The van der Waals surface area contributed by atoms with E-state index in [1.165, 1.54) is 0 Å². The average molecular weight is 211 g/mol. The van der Waals surface area contributed by atoms with Crippen LogP contribution in [-0.4, -0.2) is 13.0 Å². The smallest absolute Gasteiger partial charge is 0.248 e. The molecule has 1 amide bonds. The number of carbonyl (C=O) groups excluding carboxylic acids is 1. The van der Waals surface area contributed by atoms with Gasteiger partial charge in [-0.3, -0.25) is 4.79 Å². The van der Waals surface area contributed by atoms with E-state index < -0.39 is 5.91 Å². The van der Waals surface area contributed by atoms with Crippen molar-refractivity contribution in [1.29, 1.82) is 0 Å². The van der Waals surface area contributed by atoms with Crippen molar-refractivity contribution in [3.63, 3.8) is 0 Å². The fourth-order valence-electron chi connectivity index (χ4n) is 1.05. The molecule has 0 aliphatic rings. The zero-order valence-electron chi connectivity index (χ0n) is 9.70. The molecular weight excluding hydrogens is 192 g/mol. The molecular formula is C11H19N2O2+. The highest BCUT2D eigenvalue weighted by Crippen LogP contribution is 2.11. The number of hydrogen-bond acceptors (Lipinski definition) is 2. The molecule has 1 rings (SSSR count). The van der Waals surface area contributed by atoms with E-state index in [-0.39, 0.29) is 0 Å². The Labute approximate surface area is 90.4 Å². The van der Waals surface area contributed by atoms with Crippen LogP contribution in [0.1, 0.15) is 29.8 Å². The summed E-state index contributed by atoms with van der Waals surface area (Å²) >= 11 is 0. The summed E-state index contributed by atoms with van der Waals surface area (Å²) in [7, 11) is 1.57. The molecule has 0 unspecified atom stereocenters. The Morgan fingerprint density at radius 3 is 2.47 bits per heavy atom. The minimum absolute atomic E-state index is 0.425. The van der Waals surface area contributed by atoms with Crippen molar-refractivity contribution in [2.75, 3.05) is 7.11 Å². The number of rotatable bonds is 3. The van der Waals surface area contributed by atoms with Crippen LogP contribution in [0.25, 0.3) is 0 Å². The van der Waals surface area contributed by atoms with Gasteiger partial charge in [0.25, 0.3) is 0 Å². The van der Waals surface area contributed by atoms with Gasteiger partial charge in [-0.1, -0.05) is 19.9 Å². The molecule has 4 nitrogen and oxygen atoms in total. The highest BCUT2D eigenvalue weighted by atomic mass is 16.6. The van der Waals surface area contributed by atoms with Crippen LogP contribution in [0.3, 0.4) is 0 Å². The Bertz CT molecular complexity index is 324. The molecule has 0 aliphatic heterocycles. The van der Waals surface area contributed by atoms with E-state index in [1.54, 1.807) is 24.7 Å². The molecule has 15 heavy (non-hydrogen) atoms. The normalized spacial score (nSPS) is 9.07. The molecule has 0 aromatic heterocycles. The van der Waals surface area contributed by atoms with Crippen molar-refractivity contribution in [2.45, 2.75) is 20.8 Å². The van der Waals surface area contributed by atoms with Crippen LogP contribution >= 0.6 is 0 Å². The van der Waals surface area contributed by atoms with Gasteiger partial charge in [0.15, 0.2) is 5.69 Å². The molecule has 4 N–H and O–H groups in total. The Morgan fingerprint density at radius 2 is 2.00 bits per heavy atom. The zero-order chi connectivity index (χ0) is 11.8. The van der Waals surface area contributed by atoms with Gasteiger partial charge in [0.05, 0.1) is 7.11 Å². The lowest BCUT2D eigenvalue weighted by Gasteiger charge is -2.02. The topological polar surface area (TPSA) is 68.9 Å². The van der Waals surface area contributed by atoms with E-state index in [1.807, 2.05) is 26.8 Å². The first-order chi connectivity index (χ1) is 7.15. The molecule has 0 bridgehead atoms. The first kappa shape index (κ1) is 13.6. The lowest BCUT2D eigenvalue weighted by Crippen LogP contribution is -2.76. The largest absolute Gasteiger partial charge is 0.366 e. The van der Waals surface area contributed by atoms with Gasteiger partial charge in [-0.25, -0.2) is 4.84 Å². The second-order valence-electron chi connectivity index (χ2n) is 2.79. The number of primary amides is 1. The number of aryl methyl sites for hydroxylation is 1. The highest BCUT2D eigenvalue weighted by Gasteiger charge is 2.06. The van der Waals surface area contributed by atoms with Crippen LogP contribution in [0.4, 0.5) is 5.69 Å². The molecule has 1 aromatic rings. The van der Waals surface area contributed by atoms with Crippen molar-refractivity contribution in [3.8, 4) is 0 Å². The van der Waals surface area contributed by atoms with Crippen molar-refractivity contribution in [3.05, 3.63) is 29.3 Å². The van der Waals surface area contributed by atoms with Gasteiger partial charge in [0, 0.05) is 17.2 Å². The Balaban J connectivity index is 0.000000921. The van der Waals surface area contributed by atoms with E-state index in [0.717, 1.165) is 11.3 Å². The summed E-state index contributed by atoms with van der Waals surface area (Å²) in [6.07, 6.45) is 0. The quantitative estimate of drug-likeness (QED) is 0.575. The maximum atomic E-state index is 10.8. The third-order valence-electron chi connectivity index (χ3n) is 1.81. The maximum absolute atomic E-state index is 10.8. The van der Waals surface area contributed by atoms with Gasteiger partial charge in [-0.15, -0.1) is 0 Å². The van der Waals surface area contributed by atoms with Gasteiger partial charge >= 0.3 is 0 Å². The minimum atomic E-state index is -0.425. The van der Waals surface area contributed by atoms with Gasteiger partial charge < -0.3 is 5.73 Å². The molecule has 0 fully saturated rings. The van der Waals surface area contributed by atoms with Crippen molar-refractivity contribution in [2.24, 2.45) is 5.73 Å². The second-order valence-corrected chi connectivity index (χ2v) is 2.79. The lowest BCUT2D eigenvalue weighted by atomic mass is 10.1. The molecule has 0 saturated carbocycles. The average Bonchev–Trinajstić information content (AvgIpc) is 2.24. The number of carbonyl (C=O) groups is 1. The molecule has 0 spiro atoms. The summed E-state index contributed by atoms with van der Waals surface area (Å²) in [5.74, 6) is -0.425. The fourth-order valence-corrected chi connectivity index (χ4v) is 1.05. The molecule has 0 saturated heterocycles. The number of quaternary nitrogens is 1. The summed E-state index contributed by atoms with van der Waals surface area (Å²) in [5.41, 5.74) is 9.14. The van der Waals surface area contributed by atoms with Crippen LogP contribution < -0.4 is 11.2 Å². The Kier molecular flexibility index (Phi) is 6.33. The van der Waals surface area contributed by atoms with E-state index in [0.29, 0.717) is 5.56 Å². The predicted octanol–water partition coefficient (Wildman–Crippen LogP) is 0.876. The van der Waals surface area contributed by atoms with Gasteiger partial charge in [0.1, 0.15) is 0 Å². The molecule has 0 heterocycles. The third kappa shape index (κ3) is 4.10. The van der Waals surface area contributed by atoms with Crippen LogP contribution in [0.2, 0.25) is 0 Å². The zero-order valence-corrected chi connectivity index (χ0v) is 9.70. The predicted molar refractivity (Wildman–Crippen MR) is 59.6 cm³/mol. The first-order valence-electron chi connectivity index (χ1n) is 4.91. The first-order valence-corrected chi connectivity index (χ1v) is 4.91. The SMILES string of the molecule is CC.CO[NH2+]c1cc(C(N)=O)ccc1C. The Morgan fingerprint density at radius 1 is 1.40 bits per heavy atom. The summed E-state index contributed by atoms with van der Waals surface area (Å²) in [4.78, 5) is 15.7. The van der Waals surface area contributed by atoms with Crippen LogP contribution in [-0.2, 0) is 4.84 Å². The summed E-state index contributed by atoms with van der Waals surface area (Å²) < 4.78 is 0. The maximum Gasteiger partial charge on any atom is 0.248 e. The lowest BCUT2D eigenvalue weighted by molar-refractivity contribution is -0.830. The van der Waals surface area contributed by atoms with Crippen LogP contribution in [0, 0.1) is 6.92 Å². The van der Waals surface area contributed by atoms with E-state index in [9.17, 15) is 4.79 Å². The van der Waals surface area contributed by atoms with E-state index >= 15 is 0 Å². The second kappa shape index (κ2) is 6.98. The van der Waals surface area contributed by atoms with Crippen LogP contribution in [0.5, 0.6) is 0 Å². The van der Waals surface area contributed by atoms with Crippen molar-refractivity contribution in [1.82, 2.24) is 0 Å². The molecule has 4 heteroatoms. The van der Waals surface area contributed by atoms with E-state index in [4.69, 9.17) is 10.6 Å². The van der Waals surface area contributed by atoms with Crippen molar-refractivity contribution >= 4 is 11.6 Å². The van der Waals surface area contributed by atoms with Crippen molar-refractivity contribution < 1.29 is 15.1 Å². The van der Waals surface area contributed by atoms with Gasteiger partial charge in [-0.05, 0) is 13.0 Å². The molecule has 0 radical (unpaired) electrons. The summed E-state index contributed by atoms with van der Waals surface area (Å²) in [5, 5.41) is 0. The van der Waals surface area contributed by atoms with E-state index in [2.05, 4.69) is 0 Å².